The number of hydrogen-bond donors (Lipinski definition) is 2. The Hall–Kier alpha value is -1.45. The lowest BCUT2D eigenvalue weighted by molar-refractivity contribution is -0.103. The van der Waals surface area contributed by atoms with E-state index in [2.05, 4.69) is 34.1 Å². The summed E-state index contributed by atoms with van der Waals surface area (Å²) in [6.45, 7) is 3.12. The van der Waals surface area contributed by atoms with Crippen LogP contribution in [0.15, 0.2) is 30.5 Å². The zero-order chi connectivity index (χ0) is 19.2. The molecule has 1 aromatic heterocycles. The molecule has 0 spiro atoms. The number of H-pyrrole nitrogens is 1. The third-order valence-corrected chi connectivity index (χ3v) is 8.04. The van der Waals surface area contributed by atoms with E-state index in [0.29, 0.717) is 32.5 Å². The van der Waals surface area contributed by atoms with Crippen LogP contribution >= 0.6 is 0 Å². The van der Waals surface area contributed by atoms with Gasteiger partial charge in [0, 0.05) is 64.5 Å². The largest absolute Gasteiger partial charge is 0.389 e. The van der Waals surface area contributed by atoms with Gasteiger partial charge in [-0.2, -0.15) is 17.0 Å². The number of aromatic nitrogens is 1. The van der Waals surface area contributed by atoms with Crippen molar-refractivity contribution in [2.75, 3.05) is 40.3 Å². The smallest absolute Gasteiger partial charge is 0.281 e. The Kier molecular flexibility index (Phi) is 4.80. The number of fused-ring (bicyclic) bond motifs is 2. The summed E-state index contributed by atoms with van der Waals surface area (Å²) < 4.78 is 27.7. The van der Waals surface area contributed by atoms with Crippen molar-refractivity contribution in [3.8, 4) is 0 Å². The van der Waals surface area contributed by atoms with Crippen LogP contribution in [0.2, 0.25) is 0 Å². The van der Waals surface area contributed by atoms with Crippen molar-refractivity contribution in [2.24, 2.45) is 5.92 Å². The highest BCUT2D eigenvalue weighted by atomic mass is 32.2. The molecule has 2 saturated heterocycles. The van der Waals surface area contributed by atoms with Crippen LogP contribution in [0.1, 0.15) is 18.4 Å². The minimum atomic E-state index is -3.44. The van der Waals surface area contributed by atoms with Crippen molar-refractivity contribution in [3.63, 3.8) is 0 Å². The van der Waals surface area contributed by atoms with Crippen molar-refractivity contribution in [1.82, 2.24) is 18.5 Å². The molecule has 4 rings (SSSR count). The van der Waals surface area contributed by atoms with Gasteiger partial charge in [-0.15, -0.1) is 0 Å². The minimum absolute atomic E-state index is 0.0642. The predicted octanol–water partition coefficient (Wildman–Crippen LogP) is 1.23. The van der Waals surface area contributed by atoms with Crippen LogP contribution < -0.4 is 0 Å². The zero-order valence-corrected chi connectivity index (χ0v) is 16.7. The molecular weight excluding hydrogens is 364 g/mol. The summed E-state index contributed by atoms with van der Waals surface area (Å²) in [4.78, 5) is 5.54. The first-order chi connectivity index (χ1) is 12.8. The molecular formula is C19H28N4O3S. The molecule has 148 valence electrons. The van der Waals surface area contributed by atoms with E-state index >= 15 is 0 Å². The molecule has 2 N–H and O–H groups in total. The quantitative estimate of drug-likeness (QED) is 0.820. The third-order valence-electron chi connectivity index (χ3n) is 6.13. The van der Waals surface area contributed by atoms with E-state index in [1.807, 2.05) is 6.20 Å². The van der Waals surface area contributed by atoms with Crippen LogP contribution in [-0.2, 0) is 16.8 Å². The van der Waals surface area contributed by atoms with Gasteiger partial charge in [0.25, 0.3) is 10.2 Å². The molecule has 1 aromatic carbocycles. The van der Waals surface area contributed by atoms with Crippen LogP contribution in [0.25, 0.3) is 10.9 Å². The molecule has 2 aromatic rings. The Bertz CT molecular complexity index is 926. The second kappa shape index (κ2) is 6.86. The molecule has 2 atom stereocenters. The molecule has 2 aliphatic heterocycles. The lowest BCUT2D eigenvalue weighted by atomic mass is 9.76. The Balaban J connectivity index is 1.47. The average Bonchev–Trinajstić information content (AvgIpc) is 3.09. The first-order valence-electron chi connectivity index (χ1n) is 9.46. The van der Waals surface area contributed by atoms with E-state index in [1.54, 1.807) is 14.1 Å². The van der Waals surface area contributed by atoms with E-state index in [0.717, 1.165) is 18.6 Å². The molecule has 0 aliphatic carbocycles. The fourth-order valence-electron chi connectivity index (χ4n) is 4.38. The van der Waals surface area contributed by atoms with Crippen LogP contribution in [0.4, 0.5) is 0 Å². The highest BCUT2D eigenvalue weighted by molar-refractivity contribution is 7.86. The summed E-state index contributed by atoms with van der Waals surface area (Å²) in [7, 11) is -0.326. The lowest BCUT2D eigenvalue weighted by Crippen LogP contribution is -2.61. The maximum absolute atomic E-state index is 12.5. The number of aromatic amines is 1. The number of aliphatic hydroxyl groups is 1. The molecule has 8 heteroatoms. The molecule has 0 bridgehead atoms. The molecule has 0 saturated carbocycles. The topological polar surface area (TPSA) is 79.9 Å². The van der Waals surface area contributed by atoms with Gasteiger partial charge in [-0.05, 0) is 42.0 Å². The SMILES string of the molecule is CN(C)S(=O)(=O)N1CC[C@@]2(O)CCN(Cc3ccc4[nH]ccc4c3)C[C@H]2C1. The Morgan fingerprint density at radius 2 is 2.00 bits per heavy atom. The number of nitrogens with zero attached hydrogens (tertiary/aromatic N) is 3. The van der Waals surface area contributed by atoms with E-state index in [-0.39, 0.29) is 5.92 Å². The number of piperidine rings is 2. The van der Waals surface area contributed by atoms with Crippen molar-refractivity contribution < 1.29 is 13.5 Å². The van der Waals surface area contributed by atoms with Crippen LogP contribution in [-0.4, -0.2) is 77.9 Å². The van der Waals surface area contributed by atoms with Gasteiger partial charge >= 0.3 is 0 Å². The van der Waals surface area contributed by atoms with E-state index < -0.39 is 15.8 Å². The minimum Gasteiger partial charge on any atom is -0.389 e. The predicted molar refractivity (Wildman–Crippen MR) is 105 cm³/mol. The van der Waals surface area contributed by atoms with Gasteiger partial charge in [0.2, 0.25) is 0 Å². The first-order valence-corrected chi connectivity index (χ1v) is 10.9. The summed E-state index contributed by atoms with van der Waals surface area (Å²) in [6, 6.07) is 8.48. The van der Waals surface area contributed by atoms with Crippen LogP contribution in [0, 0.1) is 5.92 Å². The molecule has 2 aliphatic rings. The summed E-state index contributed by atoms with van der Waals surface area (Å²) in [6.07, 6.45) is 3.14. The normalized spacial score (nSPS) is 27.9. The fourth-order valence-corrected chi connectivity index (χ4v) is 5.54. The molecule has 0 unspecified atom stereocenters. The van der Waals surface area contributed by atoms with Crippen LogP contribution in [0.3, 0.4) is 0 Å². The van der Waals surface area contributed by atoms with Gasteiger partial charge in [0.1, 0.15) is 0 Å². The van der Waals surface area contributed by atoms with Gasteiger partial charge in [0.15, 0.2) is 0 Å². The number of likely N-dealkylation sites (tertiary alicyclic amines) is 1. The Labute approximate surface area is 160 Å². The first kappa shape index (κ1) is 18.9. The van der Waals surface area contributed by atoms with Crippen molar-refractivity contribution in [2.45, 2.75) is 25.0 Å². The number of nitrogens with one attached hydrogen (secondary N) is 1. The summed E-state index contributed by atoms with van der Waals surface area (Å²) >= 11 is 0. The molecule has 0 radical (unpaired) electrons. The summed E-state index contributed by atoms with van der Waals surface area (Å²) in [5.74, 6) is -0.0642. The Morgan fingerprint density at radius 3 is 2.78 bits per heavy atom. The van der Waals surface area contributed by atoms with Gasteiger partial charge in [0.05, 0.1) is 5.60 Å². The number of benzene rings is 1. The summed E-state index contributed by atoms with van der Waals surface area (Å²) in [5.41, 5.74) is 1.61. The third kappa shape index (κ3) is 3.52. The highest BCUT2D eigenvalue weighted by Crippen LogP contribution is 2.37. The van der Waals surface area contributed by atoms with Gasteiger partial charge in [-0.3, -0.25) is 4.90 Å². The maximum Gasteiger partial charge on any atom is 0.281 e. The monoisotopic (exact) mass is 392 g/mol. The number of hydrogen-bond acceptors (Lipinski definition) is 4. The maximum atomic E-state index is 12.5. The molecule has 2 fully saturated rings. The van der Waals surface area contributed by atoms with Crippen molar-refractivity contribution >= 4 is 21.1 Å². The molecule has 0 amide bonds. The van der Waals surface area contributed by atoms with E-state index in [1.165, 1.54) is 19.6 Å². The molecule has 7 nitrogen and oxygen atoms in total. The second-order valence-electron chi connectivity index (χ2n) is 8.08. The van der Waals surface area contributed by atoms with E-state index in [4.69, 9.17) is 0 Å². The number of rotatable bonds is 4. The van der Waals surface area contributed by atoms with E-state index in [9.17, 15) is 13.5 Å². The standard InChI is InChI=1S/C19H28N4O3S/c1-21(2)27(25,26)23-10-7-19(24)6-9-22(13-17(19)14-23)12-15-3-4-18-16(11-15)5-8-20-18/h3-5,8,11,17,20,24H,6-7,9-10,12-14H2,1-2H3/t17-,19-/m0/s1. The molecule has 27 heavy (non-hydrogen) atoms. The van der Waals surface area contributed by atoms with Crippen LogP contribution in [0.5, 0.6) is 0 Å². The second-order valence-corrected chi connectivity index (χ2v) is 10.2. The molecule has 3 heterocycles. The Morgan fingerprint density at radius 1 is 1.22 bits per heavy atom. The summed E-state index contributed by atoms with van der Waals surface area (Å²) in [5, 5.41) is 12.2. The average molecular weight is 393 g/mol. The fraction of sp³-hybridized carbons (Fsp3) is 0.579. The van der Waals surface area contributed by atoms with Crippen molar-refractivity contribution in [3.05, 3.63) is 36.0 Å². The van der Waals surface area contributed by atoms with Gasteiger partial charge < -0.3 is 10.1 Å². The van der Waals surface area contributed by atoms with Gasteiger partial charge in [-0.25, -0.2) is 0 Å². The highest BCUT2D eigenvalue weighted by Gasteiger charge is 2.47. The zero-order valence-electron chi connectivity index (χ0n) is 15.9. The van der Waals surface area contributed by atoms with Crippen molar-refractivity contribution in [1.29, 1.82) is 0 Å². The lowest BCUT2D eigenvalue weighted by Gasteiger charge is -2.50. The van der Waals surface area contributed by atoms with Gasteiger partial charge in [-0.1, -0.05) is 6.07 Å².